The highest BCUT2D eigenvalue weighted by atomic mass is 32.1. The summed E-state index contributed by atoms with van der Waals surface area (Å²) in [6.45, 7) is 3.71. The largest absolute Gasteiger partial charge is 0.336 e. The van der Waals surface area contributed by atoms with Gasteiger partial charge in [0, 0.05) is 47.8 Å². The van der Waals surface area contributed by atoms with Crippen LogP contribution in [0.4, 0.5) is 0 Å². The van der Waals surface area contributed by atoms with Crippen LogP contribution in [0, 0.1) is 12.8 Å². The molecule has 2 amide bonds. The first-order valence-corrected chi connectivity index (χ1v) is 12.0. The van der Waals surface area contributed by atoms with Crippen LogP contribution in [-0.4, -0.2) is 34.4 Å². The molecule has 2 atom stereocenters. The molecule has 3 aromatic rings. The zero-order chi connectivity index (χ0) is 22.9. The Bertz CT molecular complexity index is 1290. The lowest BCUT2D eigenvalue weighted by atomic mass is 9.83. The molecule has 6 nitrogen and oxygen atoms in total. The summed E-state index contributed by atoms with van der Waals surface area (Å²) in [7, 11) is 0. The highest BCUT2D eigenvalue weighted by Gasteiger charge is 2.37. The molecule has 33 heavy (non-hydrogen) atoms. The summed E-state index contributed by atoms with van der Waals surface area (Å²) < 4.78 is 1.85. The number of thiophene rings is 1. The van der Waals surface area contributed by atoms with Crippen LogP contribution in [0.3, 0.4) is 0 Å². The van der Waals surface area contributed by atoms with Gasteiger partial charge in [0.05, 0.1) is 0 Å². The van der Waals surface area contributed by atoms with Crippen molar-refractivity contribution in [3.63, 3.8) is 0 Å². The monoisotopic (exact) mass is 459 g/mol. The second-order valence-corrected chi connectivity index (χ2v) is 9.70. The Morgan fingerprint density at radius 3 is 2.61 bits per heavy atom. The third-order valence-electron chi connectivity index (χ3n) is 6.46. The number of aryl methyl sites for hydroxylation is 1. The molecule has 1 saturated heterocycles. The van der Waals surface area contributed by atoms with Crippen molar-refractivity contribution in [2.75, 3.05) is 13.1 Å². The van der Waals surface area contributed by atoms with E-state index in [0.29, 0.717) is 25.2 Å². The van der Waals surface area contributed by atoms with Crippen molar-refractivity contribution >= 4 is 29.2 Å². The van der Waals surface area contributed by atoms with Crippen molar-refractivity contribution in [3.8, 4) is 0 Å². The summed E-state index contributed by atoms with van der Waals surface area (Å²) in [6.07, 6.45) is 2.75. The number of hydrogen-bond donors (Lipinski definition) is 1. The van der Waals surface area contributed by atoms with Crippen LogP contribution in [0.25, 0.3) is 6.08 Å². The summed E-state index contributed by atoms with van der Waals surface area (Å²) in [6, 6.07) is 16.3. The Balaban J connectivity index is 1.44. The van der Waals surface area contributed by atoms with Gasteiger partial charge >= 0.3 is 0 Å². The van der Waals surface area contributed by atoms with E-state index in [1.807, 2.05) is 40.0 Å². The van der Waals surface area contributed by atoms with E-state index in [4.69, 9.17) is 0 Å². The summed E-state index contributed by atoms with van der Waals surface area (Å²) in [4.78, 5) is 41.7. The number of fused-ring (bicyclic) bond motifs is 4. The molecule has 1 aromatic carbocycles. The van der Waals surface area contributed by atoms with Crippen LogP contribution in [0.15, 0.2) is 70.5 Å². The number of aromatic nitrogens is 1. The molecule has 0 radical (unpaired) electrons. The van der Waals surface area contributed by atoms with Crippen LogP contribution in [-0.2, 0) is 11.3 Å². The van der Waals surface area contributed by atoms with Crippen molar-refractivity contribution in [1.29, 1.82) is 0 Å². The maximum Gasteiger partial charge on any atom is 0.270 e. The van der Waals surface area contributed by atoms with Crippen molar-refractivity contribution < 1.29 is 9.59 Å². The highest BCUT2D eigenvalue weighted by molar-refractivity contribution is 7.11. The van der Waals surface area contributed by atoms with Crippen LogP contribution < -0.4 is 10.9 Å². The molecule has 0 spiro atoms. The van der Waals surface area contributed by atoms with Crippen molar-refractivity contribution in [3.05, 3.63) is 97.7 Å². The van der Waals surface area contributed by atoms with E-state index in [0.717, 1.165) is 22.6 Å². The summed E-state index contributed by atoms with van der Waals surface area (Å²) >= 11 is 1.54. The van der Waals surface area contributed by atoms with E-state index in [1.165, 1.54) is 11.3 Å². The molecule has 2 aliphatic heterocycles. The zero-order valence-electron chi connectivity index (χ0n) is 18.4. The standard InChI is InChI=1S/C26H25N3O3S/c1-17-10-11-33-23(17)13-21(27-25(31)19-6-3-2-4-7-19)26(32)28-14-18-12-20(16-28)22-8-5-9-24(30)29(22)15-18/h2-11,13,18,20H,12,14-16H2,1H3,(H,27,31)/t18-,20-/m0/s1. The molecule has 1 N–H and O–H groups in total. The fourth-order valence-electron chi connectivity index (χ4n) is 4.83. The molecule has 0 unspecified atom stereocenters. The predicted octanol–water partition coefficient (Wildman–Crippen LogP) is 3.64. The summed E-state index contributed by atoms with van der Waals surface area (Å²) in [5.74, 6) is -0.160. The van der Waals surface area contributed by atoms with Crippen molar-refractivity contribution in [2.45, 2.75) is 25.8 Å². The molecule has 168 valence electrons. The van der Waals surface area contributed by atoms with Crippen LogP contribution >= 0.6 is 11.3 Å². The SMILES string of the molecule is Cc1ccsc1C=C(NC(=O)c1ccccc1)C(=O)N1C[C@@H]2C[C@@H](C1)c1cccc(=O)n1C2. The number of carbonyl (C=O) groups excluding carboxylic acids is 2. The van der Waals surface area contributed by atoms with Gasteiger partial charge in [0.15, 0.2) is 0 Å². The topological polar surface area (TPSA) is 71.4 Å². The minimum Gasteiger partial charge on any atom is -0.336 e. The van der Waals surface area contributed by atoms with E-state index in [9.17, 15) is 14.4 Å². The number of benzene rings is 1. The molecule has 4 heterocycles. The first kappa shape index (κ1) is 21.4. The lowest BCUT2D eigenvalue weighted by molar-refractivity contribution is -0.130. The van der Waals surface area contributed by atoms with E-state index in [2.05, 4.69) is 5.32 Å². The van der Waals surface area contributed by atoms with Gasteiger partial charge in [-0.2, -0.15) is 0 Å². The molecule has 1 fully saturated rings. The van der Waals surface area contributed by atoms with Gasteiger partial charge in [-0.1, -0.05) is 24.3 Å². The second kappa shape index (κ2) is 8.83. The molecule has 0 saturated carbocycles. The minimum atomic E-state index is -0.307. The number of piperidine rings is 1. The molecular formula is C26H25N3O3S. The van der Waals surface area contributed by atoms with Gasteiger partial charge in [0.25, 0.3) is 17.4 Å². The van der Waals surface area contributed by atoms with Gasteiger partial charge in [0.2, 0.25) is 0 Å². The number of nitrogens with zero attached hydrogens (tertiary/aromatic N) is 2. The molecule has 2 aromatic heterocycles. The maximum absolute atomic E-state index is 13.7. The van der Waals surface area contributed by atoms with Gasteiger partial charge in [-0.3, -0.25) is 14.4 Å². The number of nitrogens with one attached hydrogen (secondary N) is 1. The van der Waals surface area contributed by atoms with Gasteiger partial charge in [-0.05, 0) is 60.5 Å². The molecule has 7 heteroatoms. The Morgan fingerprint density at radius 2 is 1.85 bits per heavy atom. The maximum atomic E-state index is 13.7. The summed E-state index contributed by atoms with van der Waals surface area (Å²) in [5.41, 5.74) is 2.85. The molecular weight excluding hydrogens is 434 g/mol. The van der Waals surface area contributed by atoms with Gasteiger partial charge < -0.3 is 14.8 Å². The lowest BCUT2D eigenvalue weighted by Crippen LogP contribution is -2.50. The Morgan fingerprint density at radius 1 is 1.03 bits per heavy atom. The molecule has 5 rings (SSSR count). The number of carbonyl (C=O) groups is 2. The van der Waals surface area contributed by atoms with Crippen molar-refractivity contribution in [2.24, 2.45) is 5.92 Å². The van der Waals surface area contributed by atoms with E-state index < -0.39 is 0 Å². The number of amides is 2. The van der Waals surface area contributed by atoms with Gasteiger partial charge in [-0.15, -0.1) is 11.3 Å². The Hall–Kier alpha value is -3.45. The normalized spacial score (nSPS) is 19.7. The highest BCUT2D eigenvalue weighted by Crippen LogP contribution is 2.35. The molecule has 2 aliphatic rings. The third-order valence-corrected chi connectivity index (χ3v) is 7.42. The number of hydrogen-bond acceptors (Lipinski definition) is 4. The predicted molar refractivity (Wildman–Crippen MR) is 129 cm³/mol. The smallest absolute Gasteiger partial charge is 0.270 e. The van der Waals surface area contributed by atoms with Gasteiger partial charge in [0.1, 0.15) is 5.70 Å². The number of pyridine rings is 1. The summed E-state index contributed by atoms with van der Waals surface area (Å²) in [5, 5.41) is 4.85. The van der Waals surface area contributed by atoms with Crippen LogP contribution in [0.2, 0.25) is 0 Å². The first-order valence-electron chi connectivity index (χ1n) is 11.1. The second-order valence-electron chi connectivity index (χ2n) is 8.75. The molecule has 2 bridgehead atoms. The average Bonchev–Trinajstić information content (AvgIpc) is 3.23. The first-order chi connectivity index (χ1) is 16.0. The van der Waals surface area contributed by atoms with Crippen molar-refractivity contribution in [1.82, 2.24) is 14.8 Å². The van der Waals surface area contributed by atoms with Crippen LogP contribution in [0.1, 0.15) is 38.8 Å². The van der Waals surface area contributed by atoms with E-state index in [1.54, 1.807) is 42.5 Å². The lowest BCUT2D eigenvalue weighted by Gasteiger charge is -2.43. The van der Waals surface area contributed by atoms with E-state index in [-0.39, 0.29) is 34.9 Å². The third kappa shape index (κ3) is 4.28. The Kier molecular flexibility index (Phi) is 5.72. The average molecular weight is 460 g/mol. The fraction of sp³-hybridized carbons (Fsp3) is 0.269. The van der Waals surface area contributed by atoms with Crippen LogP contribution in [0.5, 0.6) is 0 Å². The quantitative estimate of drug-likeness (QED) is 0.606. The van der Waals surface area contributed by atoms with Gasteiger partial charge in [-0.25, -0.2) is 0 Å². The zero-order valence-corrected chi connectivity index (χ0v) is 19.2. The minimum absolute atomic E-state index is 0.0193. The van der Waals surface area contributed by atoms with E-state index >= 15 is 0 Å². The molecule has 0 aliphatic carbocycles. The fourth-order valence-corrected chi connectivity index (χ4v) is 5.69. The number of likely N-dealkylation sites (tertiary alicyclic amines) is 1. The number of rotatable bonds is 4. The Labute approximate surface area is 196 Å².